The third kappa shape index (κ3) is 2.88. The van der Waals surface area contributed by atoms with Crippen molar-refractivity contribution in [2.24, 2.45) is 0 Å². The predicted molar refractivity (Wildman–Crippen MR) is 90.9 cm³/mol. The number of H-pyrrole nitrogens is 1. The van der Waals surface area contributed by atoms with Crippen LogP contribution >= 0.6 is 0 Å². The van der Waals surface area contributed by atoms with Gasteiger partial charge in [0.15, 0.2) is 0 Å². The zero-order valence-corrected chi connectivity index (χ0v) is 13.5. The summed E-state index contributed by atoms with van der Waals surface area (Å²) < 4.78 is 5.70. The highest BCUT2D eigenvalue weighted by atomic mass is 16.5. The van der Waals surface area contributed by atoms with Gasteiger partial charge >= 0.3 is 0 Å². The van der Waals surface area contributed by atoms with E-state index in [4.69, 9.17) is 4.74 Å². The molecule has 1 aliphatic heterocycles. The maximum Gasteiger partial charge on any atom is 0.254 e. The predicted octanol–water partition coefficient (Wildman–Crippen LogP) is 1.53. The van der Waals surface area contributed by atoms with Gasteiger partial charge < -0.3 is 14.7 Å². The first kappa shape index (κ1) is 15.7. The Kier molecular flexibility index (Phi) is 4.17. The number of rotatable bonds is 3. The molecule has 2 heterocycles. The Bertz CT molecular complexity index is 880. The second-order valence-corrected chi connectivity index (χ2v) is 5.97. The number of amides is 1. The normalized spacial score (nSPS) is 20.8. The Morgan fingerprint density at radius 2 is 2.00 bits per heavy atom. The minimum Gasteiger partial charge on any atom is -0.394 e. The first-order chi connectivity index (χ1) is 12.3. The number of aromatic nitrogens is 3. The number of aliphatic hydroxyl groups excluding tert-OH is 1. The van der Waals surface area contributed by atoms with Crippen LogP contribution in [0.5, 0.6) is 0 Å². The average Bonchev–Trinajstić information content (AvgIpc) is 3.15. The summed E-state index contributed by atoms with van der Waals surface area (Å²) in [4.78, 5) is 14.9. The SMILES string of the molecule is O=C(c1ccc2n[nH]nc2c1)N1CCO[C@@H](CO)[C@@H]1c1ccccc1. The number of fused-ring (bicyclic) bond motifs is 1. The molecule has 1 saturated heterocycles. The number of carbonyl (C=O) groups is 1. The molecular formula is C18H18N4O3. The van der Waals surface area contributed by atoms with Crippen LogP contribution in [-0.2, 0) is 4.74 Å². The molecule has 4 rings (SSSR count). The van der Waals surface area contributed by atoms with E-state index in [2.05, 4.69) is 15.4 Å². The molecule has 1 aliphatic rings. The minimum absolute atomic E-state index is 0.111. The lowest BCUT2D eigenvalue weighted by atomic mass is 9.97. The van der Waals surface area contributed by atoms with Crippen molar-refractivity contribution in [3.05, 3.63) is 59.7 Å². The molecule has 0 saturated carbocycles. The van der Waals surface area contributed by atoms with Gasteiger partial charge in [0.05, 0.1) is 19.3 Å². The van der Waals surface area contributed by atoms with Crippen LogP contribution in [0.3, 0.4) is 0 Å². The van der Waals surface area contributed by atoms with Crippen molar-refractivity contribution in [1.29, 1.82) is 0 Å². The molecule has 0 aliphatic carbocycles. The monoisotopic (exact) mass is 338 g/mol. The van der Waals surface area contributed by atoms with Gasteiger partial charge in [-0.15, -0.1) is 0 Å². The third-order valence-corrected chi connectivity index (χ3v) is 4.50. The van der Waals surface area contributed by atoms with Crippen LogP contribution in [0.15, 0.2) is 48.5 Å². The number of nitrogens with one attached hydrogen (secondary N) is 1. The molecule has 0 radical (unpaired) electrons. The zero-order valence-electron chi connectivity index (χ0n) is 13.5. The van der Waals surface area contributed by atoms with Gasteiger partial charge in [-0.25, -0.2) is 0 Å². The summed E-state index contributed by atoms with van der Waals surface area (Å²) in [6, 6.07) is 14.6. The van der Waals surface area contributed by atoms with E-state index in [9.17, 15) is 9.90 Å². The van der Waals surface area contributed by atoms with Gasteiger partial charge in [0.2, 0.25) is 0 Å². The van der Waals surface area contributed by atoms with Crippen molar-refractivity contribution in [1.82, 2.24) is 20.3 Å². The minimum atomic E-state index is -0.448. The number of benzene rings is 2. The summed E-state index contributed by atoms with van der Waals surface area (Å²) in [7, 11) is 0. The van der Waals surface area contributed by atoms with E-state index in [1.807, 2.05) is 30.3 Å². The maximum atomic E-state index is 13.1. The fourth-order valence-electron chi connectivity index (χ4n) is 3.30. The fraction of sp³-hybridized carbons (Fsp3) is 0.278. The number of hydrogen-bond donors (Lipinski definition) is 2. The second-order valence-electron chi connectivity index (χ2n) is 5.97. The smallest absolute Gasteiger partial charge is 0.254 e. The topological polar surface area (TPSA) is 91.3 Å². The fourth-order valence-corrected chi connectivity index (χ4v) is 3.30. The summed E-state index contributed by atoms with van der Waals surface area (Å²) in [5.41, 5.74) is 2.85. The zero-order chi connectivity index (χ0) is 17.2. The third-order valence-electron chi connectivity index (χ3n) is 4.50. The highest BCUT2D eigenvalue weighted by molar-refractivity contribution is 5.97. The number of morpholine rings is 1. The maximum absolute atomic E-state index is 13.1. The molecular weight excluding hydrogens is 320 g/mol. The number of ether oxygens (including phenoxy) is 1. The lowest BCUT2D eigenvalue weighted by Crippen LogP contribution is -2.49. The number of hydrogen-bond acceptors (Lipinski definition) is 5. The molecule has 0 spiro atoms. The number of aliphatic hydroxyl groups is 1. The number of aromatic amines is 1. The molecule has 7 nitrogen and oxygen atoms in total. The van der Waals surface area contributed by atoms with E-state index >= 15 is 0 Å². The molecule has 0 bridgehead atoms. The van der Waals surface area contributed by atoms with Crippen molar-refractivity contribution in [3.63, 3.8) is 0 Å². The lowest BCUT2D eigenvalue weighted by molar-refractivity contribution is -0.0811. The largest absolute Gasteiger partial charge is 0.394 e. The van der Waals surface area contributed by atoms with Crippen LogP contribution in [0.2, 0.25) is 0 Å². The van der Waals surface area contributed by atoms with Crippen molar-refractivity contribution >= 4 is 16.9 Å². The Morgan fingerprint density at radius 3 is 2.80 bits per heavy atom. The van der Waals surface area contributed by atoms with Gasteiger partial charge in [-0.3, -0.25) is 4.79 Å². The van der Waals surface area contributed by atoms with Gasteiger partial charge in [-0.2, -0.15) is 15.4 Å². The van der Waals surface area contributed by atoms with Gasteiger partial charge in [0.25, 0.3) is 5.91 Å². The Labute approximate surface area is 144 Å². The van der Waals surface area contributed by atoms with Crippen molar-refractivity contribution in [3.8, 4) is 0 Å². The molecule has 1 fully saturated rings. The summed E-state index contributed by atoms with van der Waals surface area (Å²) in [5.74, 6) is -0.111. The molecule has 7 heteroatoms. The van der Waals surface area contributed by atoms with E-state index < -0.39 is 6.10 Å². The van der Waals surface area contributed by atoms with Gasteiger partial charge in [0.1, 0.15) is 17.1 Å². The Morgan fingerprint density at radius 1 is 1.20 bits per heavy atom. The van der Waals surface area contributed by atoms with Gasteiger partial charge in [-0.1, -0.05) is 30.3 Å². The second kappa shape index (κ2) is 6.62. The molecule has 2 aromatic carbocycles. The van der Waals surface area contributed by atoms with E-state index in [-0.39, 0.29) is 18.6 Å². The van der Waals surface area contributed by atoms with Crippen LogP contribution in [0.1, 0.15) is 22.0 Å². The van der Waals surface area contributed by atoms with Crippen LogP contribution in [0.4, 0.5) is 0 Å². The van der Waals surface area contributed by atoms with E-state index in [0.717, 1.165) is 5.56 Å². The highest BCUT2D eigenvalue weighted by Crippen LogP contribution is 2.31. The molecule has 3 aromatic rings. The van der Waals surface area contributed by atoms with E-state index in [0.29, 0.717) is 29.7 Å². The average molecular weight is 338 g/mol. The summed E-state index contributed by atoms with van der Waals surface area (Å²) >= 11 is 0. The van der Waals surface area contributed by atoms with Gasteiger partial charge in [-0.05, 0) is 23.8 Å². The molecule has 1 aromatic heterocycles. The summed E-state index contributed by atoms with van der Waals surface area (Å²) in [5, 5.41) is 20.3. The standard InChI is InChI=1S/C18H18N4O3/c23-11-16-17(12-4-2-1-3-5-12)22(8-9-25-16)18(24)13-6-7-14-15(10-13)20-21-19-14/h1-7,10,16-17,23H,8-9,11H2,(H,19,20,21)/t16-,17-/m0/s1. The van der Waals surface area contributed by atoms with E-state index in [1.165, 1.54) is 0 Å². The van der Waals surface area contributed by atoms with Crippen LogP contribution in [0, 0.1) is 0 Å². The molecule has 2 atom stereocenters. The molecule has 2 N–H and O–H groups in total. The Balaban J connectivity index is 1.71. The van der Waals surface area contributed by atoms with Crippen molar-refractivity contribution in [2.45, 2.75) is 12.1 Å². The molecule has 128 valence electrons. The summed E-state index contributed by atoms with van der Waals surface area (Å²) in [6.45, 7) is 0.712. The molecule has 1 amide bonds. The van der Waals surface area contributed by atoms with Crippen LogP contribution in [-0.4, -0.2) is 57.2 Å². The van der Waals surface area contributed by atoms with Crippen LogP contribution in [0.25, 0.3) is 11.0 Å². The first-order valence-electron chi connectivity index (χ1n) is 8.17. The Hall–Kier alpha value is -2.77. The number of nitrogens with zero attached hydrogens (tertiary/aromatic N) is 3. The quantitative estimate of drug-likeness (QED) is 0.756. The van der Waals surface area contributed by atoms with E-state index in [1.54, 1.807) is 23.1 Å². The van der Waals surface area contributed by atoms with Crippen molar-refractivity contribution in [2.75, 3.05) is 19.8 Å². The highest BCUT2D eigenvalue weighted by Gasteiger charge is 2.36. The van der Waals surface area contributed by atoms with Gasteiger partial charge in [0, 0.05) is 12.1 Å². The van der Waals surface area contributed by atoms with Crippen molar-refractivity contribution < 1.29 is 14.6 Å². The van der Waals surface area contributed by atoms with Crippen LogP contribution < -0.4 is 0 Å². The lowest BCUT2D eigenvalue weighted by Gasteiger charge is -2.41. The number of carbonyl (C=O) groups excluding carboxylic acids is 1. The molecule has 0 unspecified atom stereocenters. The summed E-state index contributed by atoms with van der Waals surface area (Å²) in [6.07, 6.45) is -0.448. The molecule has 25 heavy (non-hydrogen) atoms. The first-order valence-corrected chi connectivity index (χ1v) is 8.17.